The van der Waals surface area contributed by atoms with E-state index >= 15 is 0 Å². The molecule has 0 amide bonds. The first-order valence-electron chi connectivity index (χ1n) is 6.43. The Morgan fingerprint density at radius 1 is 1.42 bits per heavy atom. The molecule has 1 aromatic heterocycles. The first-order valence-corrected chi connectivity index (χ1v) is 7.24. The molecule has 0 bridgehead atoms. The van der Waals surface area contributed by atoms with E-state index in [4.69, 9.17) is 0 Å². The minimum atomic E-state index is -0.675. The fraction of sp³-hybridized carbons (Fsp3) is 0.692. The van der Waals surface area contributed by atoms with E-state index in [0.717, 1.165) is 6.42 Å². The van der Waals surface area contributed by atoms with Crippen LogP contribution in [0.2, 0.25) is 0 Å². The maximum atomic E-state index is 11.1. The lowest BCUT2D eigenvalue weighted by Gasteiger charge is -2.26. The van der Waals surface area contributed by atoms with Gasteiger partial charge in [0.05, 0.1) is 11.0 Å². The molecule has 1 N–H and O–H groups in total. The maximum absolute atomic E-state index is 11.1. The van der Waals surface area contributed by atoms with Crippen LogP contribution in [0.5, 0.6) is 0 Å². The molecule has 0 aliphatic heterocycles. The van der Waals surface area contributed by atoms with Gasteiger partial charge in [-0.2, -0.15) is 0 Å². The van der Waals surface area contributed by atoms with E-state index in [1.165, 1.54) is 17.4 Å². The first kappa shape index (κ1) is 15.9. The molecule has 0 saturated carbocycles. The fourth-order valence-corrected chi connectivity index (χ4v) is 3.15. The highest BCUT2D eigenvalue weighted by Gasteiger charge is 2.26. The van der Waals surface area contributed by atoms with Gasteiger partial charge in [0.15, 0.2) is 5.00 Å². The molecule has 0 saturated heterocycles. The molecule has 1 rings (SSSR count). The first-order chi connectivity index (χ1) is 8.73. The molecule has 0 aromatic carbocycles. The third kappa shape index (κ3) is 3.91. The zero-order chi connectivity index (χ0) is 14.7. The quantitative estimate of drug-likeness (QED) is 0.641. The summed E-state index contributed by atoms with van der Waals surface area (Å²) in [4.78, 5) is 13.3. The van der Waals surface area contributed by atoms with Crippen LogP contribution in [0.25, 0.3) is 0 Å². The predicted molar refractivity (Wildman–Crippen MR) is 78.9 cm³/mol. The smallest absolute Gasteiger partial charge is 0.304 e. The lowest BCUT2D eigenvalue weighted by atomic mass is 10.0. The molecule has 5 nitrogen and oxygen atoms in total. The van der Waals surface area contributed by atoms with Gasteiger partial charge in [-0.15, -0.1) is 11.3 Å². The summed E-state index contributed by atoms with van der Waals surface area (Å²) in [6.45, 7) is 7.95. The lowest BCUT2D eigenvalue weighted by molar-refractivity contribution is -0.383. The van der Waals surface area contributed by atoms with Crippen molar-refractivity contribution < 1.29 is 10.0 Å². The van der Waals surface area contributed by atoms with Crippen LogP contribution in [0.15, 0.2) is 6.07 Å². The van der Waals surface area contributed by atoms with Gasteiger partial charge in [0, 0.05) is 24.0 Å². The van der Waals surface area contributed by atoms with E-state index < -0.39 is 6.10 Å². The minimum absolute atomic E-state index is 0.0824. The van der Waals surface area contributed by atoms with E-state index in [9.17, 15) is 15.2 Å². The molecule has 0 radical (unpaired) electrons. The molecule has 108 valence electrons. The van der Waals surface area contributed by atoms with Gasteiger partial charge in [-0.3, -0.25) is 10.1 Å². The summed E-state index contributed by atoms with van der Waals surface area (Å²) < 4.78 is 0. The molecular weight excluding hydrogens is 264 g/mol. The third-order valence-electron chi connectivity index (χ3n) is 3.12. The maximum Gasteiger partial charge on any atom is 0.304 e. The SMILES string of the molecule is CC(C)CC(C)N(C)c1sc(C(C)O)cc1[N+](=O)[O-]. The summed E-state index contributed by atoms with van der Waals surface area (Å²) in [5.74, 6) is 0.535. The molecule has 6 heteroatoms. The van der Waals surface area contributed by atoms with Crippen LogP contribution in [-0.4, -0.2) is 23.1 Å². The van der Waals surface area contributed by atoms with Gasteiger partial charge in [-0.25, -0.2) is 0 Å². The largest absolute Gasteiger partial charge is 0.388 e. The zero-order valence-electron chi connectivity index (χ0n) is 12.1. The number of nitrogens with zero attached hydrogens (tertiary/aromatic N) is 2. The van der Waals surface area contributed by atoms with Gasteiger partial charge in [-0.05, 0) is 26.2 Å². The second-order valence-corrected chi connectivity index (χ2v) is 6.42. The van der Waals surface area contributed by atoms with Gasteiger partial charge < -0.3 is 10.0 Å². The Morgan fingerprint density at radius 3 is 2.42 bits per heavy atom. The van der Waals surface area contributed by atoms with Crippen molar-refractivity contribution in [2.24, 2.45) is 5.92 Å². The van der Waals surface area contributed by atoms with Crippen molar-refractivity contribution in [3.8, 4) is 0 Å². The molecule has 0 fully saturated rings. The van der Waals surface area contributed by atoms with E-state index in [2.05, 4.69) is 20.8 Å². The summed E-state index contributed by atoms with van der Waals surface area (Å²) in [6, 6.07) is 1.70. The third-order valence-corrected chi connectivity index (χ3v) is 4.50. The van der Waals surface area contributed by atoms with Crippen LogP contribution in [0, 0.1) is 16.0 Å². The standard InChI is InChI=1S/C13H22N2O3S/c1-8(2)6-9(3)14(5)13-11(15(17)18)7-12(19-13)10(4)16/h7-10,16H,6H2,1-5H3. The Labute approximate surface area is 118 Å². The van der Waals surface area contributed by atoms with Gasteiger partial charge >= 0.3 is 5.69 Å². The van der Waals surface area contributed by atoms with Crippen LogP contribution in [-0.2, 0) is 0 Å². The molecular formula is C13H22N2O3S. The second-order valence-electron chi connectivity index (χ2n) is 5.36. The van der Waals surface area contributed by atoms with Crippen LogP contribution >= 0.6 is 11.3 Å². The van der Waals surface area contributed by atoms with Crippen molar-refractivity contribution in [2.45, 2.75) is 46.3 Å². The highest BCUT2D eigenvalue weighted by Crippen LogP contribution is 2.40. The lowest BCUT2D eigenvalue weighted by Crippen LogP contribution is -2.29. The highest BCUT2D eigenvalue weighted by molar-refractivity contribution is 7.16. The summed E-state index contributed by atoms with van der Waals surface area (Å²) in [5, 5.41) is 21.3. The molecule has 2 atom stereocenters. The van der Waals surface area contributed by atoms with Crippen LogP contribution < -0.4 is 4.90 Å². The number of anilines is 1. The van der Waals surface area contributed by atoms with Gasteiger partial charge in [0.2, 0.25) is 0 Å². The Balaban J connectivity index is 3.06. The minimum Gasteiger partial charge on any atom is -0.388 e. The van der Waals surface area contributed by atoms with E-state index in [-0.39, 0.29) is 16.7 Å². The van der Waals surface area contributed by atoms with E-state index in [1.54, 1.807) is 6.92 Å². The van der Waals surface area contributed by atoms with Gasteiger partial charge in [0.1, 0.15) is 0 Å². The van der Waals surface area contributed by atoms with Gasteiger partial charge in [0.25, 0.3) is 0 Å². The number of thiophene rings is 1. The van der Waals surface area contributed by atoms with Gasteiger partial charge in [-0.1, -0.05) is 13.8 Å². The summed E-state index contributed by atoms with van der Waals surface area (Å²) in [6.07, 6.45) is 0.293. The Kier molecular flexibility index (Phi) is 5.31. The number of nitro groups is 1. The fourth-order valence-electron chi connectivity index (χ4n) is 2.02. The van der Waals surface area contributed by atoms with Crippen LogP contribution in [0.4, 0.5) is 10.7 Å². The van der Waals surface area contributed by atoms with Crippen molar-refractivity contribution >= 4 is 22.0 Å². The Hall–Kier alpha value is -1.14. The van der Waals surface area contributed by atoms with Crippen molar-refractivity contribution in [3.05, 3.63) is 21.1 Å². The predicted octanol–water partition coefficient (Wildman–Crippen LogP) is 3.58. The van der Waals surface area contributed by atoms with Crippen LogP contribution in [0.3, 0.4) is 0 Å². The topological polar surface area (TPSA) is 66.6 Å². The number of rotatable bonds is 6. The molecule has 1 heterocycles. The number of aliphatic hydroxyl groups is 1. The molecule has 0 spiro atoms. The summed E-state index contributed by atoms with van der Waals surface area (Å²) in [7, 11) is 1.87. The van der Waals surface area contributed by atoms with Crippen molar-refractivity contribution in [1.29, 1.82) is 0 Å². The molecule has 19 heavy (non-hydrogen) atoms. The average Bonchev–Trinajstić information content (AvgIpc) is 2.71. The Morgan fingerprint density at radius 2 is 2.00 bits per heavy atom. The summed E-state index contributed by atoms with van der Waals surface area (Å²) in [5.41, 5.74) is 0.0824. The monoisotopic (exact) mass is 286 g/mol. The average molecular weight is 286 g/mol. The number of hydrogen-bond donors (Lipinski definition) is 1. The summed E-state index contributed by atoms with van der Waals surface area (Å²) >= 11 is 1.29. The van der Waals surface area contributed by atoms with Crippen molar-refractivity contribution in [3.63, 3.8) is 0 Å². The molecule has 0 aliphatic rings. The van der Waals surface area contributed by atoms with Crippen molar-refractivity contribution in [1.82, 2.24) is 0 Å². The van der Waals surface area contributed by atoms with E-state index in [0.29, 0.717) is 15.8 Å². The molecule has 0 aliphatic carbocycles. The number of hydrogen-bond acceptors (Lipinski definition) is 5. The number of aliphatic hydroxyl groups excluding tert-OH is 1. The second kappa shape index (κ2) is 6.34. The van der Waals surface area contributed by atoms with E-state index in [1.807, 2.05) is 11.9 Å². The van der Waals surface area contributed by atoms with Crippen molar-refractivity contribution in [2.75, 3.05) is 11.9 Å². The highest BCUT2D eigenvalue weighted by atomic mass is 32.1. The zero-order valence-corrected chi connectivity index (χ0v) is 12.9. The molecule has 2 unspecified atom stereocenters. The normalized spacial score (nSPS) is 14.5. The molecule has 1 aromatic rings. The Bertz CT molecular complexity index is 443. The van der Waals surface area contributed by atoms with Crippen LogP contribution in [0.1, 0.15) is 45.1 Å².